The molecule has 0 saturated carbocycles. The van der Waals surface area contributed by atoms with E-state index in [2.05, 4.69) is 0 Å². The van der Waals surface area contributed by atoms with Crippen LogP contribution >= 0.6 is 0 Å². The molecule has 0 saturated heterocycles. The summed E-state index contributed by atoms with van der Waals surface area (Å²) in [5.41, 5.74) is -0.0333. The molecule has 0 unspecified atom stereocenters. The van der Waals surface area contributed by atoms with Crippen molar-refractivity contribution in [2.75, 3.05) is 14.2 Å². The molecule has 0 aliphatic carbocycles. The Morgan fingerprint density at radius 1 is 1.12 bits per heavy atom. The molecule has 0 aliphatic rings. The van der Waals surface area contributed by atoms with E-state index in [0.29, 0.717) is 24.3 Å². The molecule has 0 amide bonds. The Labute approximate surface area is 141 Å². The molecule has 2 aromatic rings. The highest BCUT2D eigenvalue weighted by Gasteiger charge is 2.40. The van der Waals surface area contributed by atoms with Crippen LogP contribution in [-0.2, 0) is 26.5 Å². The lowest BCUT2D eigenvalue weighted by Gasteiger charge is -2.29. The van der Waals surface area contributed by atoms with Crippen LogP contribution in [0.5, 0.6) is 5.75 Å². The third-order valence-electron chi connectivity index (χ3n) is 3.95. The van der Waals surface area contributed by atoms with Gasteiger partial charge in [-0.1, -0.05) is 37.3 Å². The van der Waals surface area contributed by atoms with Crippen molar-refractivity contribution in [2.24, 2.45) is 0 Å². The van der Waals surface area contributed by atoms with Gasteiger partial charge < -0.3 is 14.2 Å². The standard InChI is InChI=1S/C19H21FO4/c1-4-19(23-3,18(21)22-2)15-10-16(20)12-17(11-15)24-13-14-8-6-5-7-9-14/h5-12H,4,13H2,1-3H3/t19-/m1/s1. The van der Waals surface area contributed by atoms with E-state index in [1.165, 1.54) is 26.4 Å². The summed E-state index contributed by atoms with van der Waals surface area (Å²) in [7, 11) is 2.67. The smallest absolute Gasteiger partial charge is 0.342 e. The maximum Gasteiger partial charge on any atom is 0.342 e. The molecule has 0 aliphatic heterocycles. The average molecular weight is 332 g/mol. The third kappa shape index (κ3) is 3.74. The SMILES string of the molecule is CC[C@](OC)(C(=O)OC)c1cc(F)cc(OCc2ccccc2)c1. The van der Waals surface area contributed by atoms with Gasteiger partial charge >= 0.3 is 5.97 Å². The van der Waals surface area contributed by atoms with Crippen LogP contribution in [0.1, 0.15) is 24.5 Å². The van der Waals surface area contributed by atoms with Crippen molar-refractivity contribution < 1.29 is 23.4 Å². The van der Waals surface area contributed by atoms with Crippen LogP contribution < -0.4 is 4.74 Å². The van der Waals surface area contributed by atoms with Crippen LogP contribution in [0.25, 0.3) is 0 Å². The largest absolute Gasteiger partial charge is 0.489 e. The first kappa shape index (κ1) is 17.9. The fourth-order valence-electron chi connectivity index (χ4n) is 2.60. The van der Waals surface area contributed by atoms with Gasteiger partial charge in [0.15, 0.2) is 5.60 Å². The average Bonchev–Trinajstić information content (AvgIpc) is 2.62. The highest BCUT2D eigenvalue weighted by molar-refractivity contribution is 5.81. The van der Waals surface area contributed by atoms with Gasteiger partial charge in [-0.3, -0.25) is 0 Å². The monoisotopic (exact) mass is 332 g/mol. The van der Waals surface area contributed by atoms with Gasteiger partial charge in [0.2, 0.25) is 0 Å². The van der Waals surface area contributed by atoms with Crippen molar-refractivity contribution in [3.05, 3.63) is 65.5 Å². The van der Waals surface area contributed by atoms with Crippen molar-refractivity contribution in [3.8, 4) is 5.75 Å². The second kappa shape index (κ2) is 7.93. The third-order valence-corrected chi connectivity index (χ3v) is 3.95. The van der Waals surface area contributed by atoms with Crippen molar-refractivity contribution in [3.63, 3.8) is 0 Å². The van der Waals surface area contributed by atoms with Crippen LogP contribution in [0.2, 0.25) is 0 Å². The van der Waals surface area contributed by atoms with Crippen LogP contribution in [0.4, 0.5) is 4.39 Å². The van der Waals surface area contributed by atoms with Crippen LogP contribution in [-0.4, -0.2) is 20.2 Å². The molecule has 24 heavy (non-hydrogen) atoms. The summed E-state index contributed by atoms with van der Waals surface area (Å²) in [6.45, 7) is 2.07. The van der Waals surface area contributed by atoms with Crippen molar-refractivity contribution in [2.45, 2.75) is 25.6 Å². The first-order valence-corrected chi connectivity index (χ1v) is 7.67. The molecule has 4 nitrogen and oxygen atoms in total. The Kier molecular flexibility index (Phi) is 5.93. The minimum atomic E-state index is -1.36. The predicted molar refractivity (Wildman–Crippen MR) is 88.2 cm³/mol. The number of esters is 1. The first-order valence-electron chi connectivity index (χ1n) is 7.67. The van der Waals surface area contributed by atoms with Crippen molar-refractivity contribution in [1.29, 1.82) is 0 Å². The van der Waals surface area contributed by atoms with Crippen molar-refractivity contribution >= 4 is 5.97 Å². The van der Waals surface area contributed by atoms with E-state index in [1.807, 2.05) is 30.3 Å². The lowest BCUT2D eigenvalue weighted by Crippen LogP contribution is -2.38. The molecule has 2 aromatic carbocycles. The summed E-state index contributed by atoms with van der Waals surface area (Å²) < 4.78 is 29.9. The van der Waals surface area contributed by atoms with E-state index in [0.717, 1.165) is 5.56 Å². The number of rotatable bonds is 7. The van der Waals surface area contributed by atoms with Crippen LogP contribution in [0, 0.1) is 5.82 Å². The van der Waals surface area contributed by atoms with E-state index in [1.54, 1.807) is 13.0 Å². The van der Waals surface area contributed by atoms with Gasteiger partial charge in [0, 0.05) is 18.7 Å². The highest BCUT2D eigenvalue weighted by atomic mass is 19.1. The molecule has 128 valence electrons. The molecule has 5 heteroatoms. The summed E-state index contributed by atoms with van der Waals surface area (Å²) in [4.78, 5) is 12.2. The number of carbonyl (C=O) groups excluding carboxylic acids is 1. The predicted octanol–water partition coefficient (Wildman–Crippen LogP) is 3.83. The number of hydrogen-bond donors (Lipinski definition) is 0. The molecule has 0 spiro atoms. The lowest BCUT2D eigenvalue weighted by atomic mass is 9.90. The minimum absolute atomic E-state index is 0.300. The van der Waals surface area contributed by atoms with Gasteiger partial charge in [0.1, 0.15) is 18.2 Å². The number of methoxy groups -OCH3 is 2. The maximum absolute atomic E-state index is 14.0. The zero-order chi connectivity index (χ0) is 17.6. The fraction of sp³-hybridized carbons (Fsp3) is 0.316. The summed E-state index contributed by atoms with van der Waals surface area (Å²) in [5, 5.41) is 0. The normalized spacial score (nSPS) is 13.2. The molecule has 1 atom stereocenters. The molecule has 0 aromatic heterocycles. The lowest BCUT2D eigenvalue weighted by molar-refractivity contribution is -0.168. The Morgan fingerprint density at radius 3 is 2.42 bits per heavy atom. The number of halogens is 1. The van der Waals surface area contributed by atoms with E-state index in [4.69, 9.17) is 14.2 Å². The maximum atomic E-state index is 14.0. The second-order valence-corrected chi connectivity index (χ2v) is 5.33. The summed E-state index contributed by atoms with van der Waals surface area (Å²) >= 11 is 0. The Bertz CT molecular complexity index is 681. The Balaban J connectivity index is 2.31. The van der Waals surface area contributed by atoms with Gasteiger partial charge in [0.05, 0.1) is 7.11 Å². The van der Waals surface area contributed by atoms with Gasteiger partial charge in [-0.15, -0.1) is 0 Å². The molecular weight excluding hydrogens is 311 g/mol. The molecule has 0 bridgehead atoms. The number of benzene rings is 2. The van der Waals surface area contributed by atoms with Gasteiger partial charge in [-0.05, 0) is 24.1 Å². The minimum Gasteiger partial charge on any atom is -0.489 e. The zero-order valence-electron chi connectivity index (χ0n) is 14.0. The van der Waals surface area contributed by atoms with Crippen molar-refractivity contribution in [1.82, 2.24) is 0 Å². The highest BCUT2D eigenvalue weighted by Crippen LogP contribution is 2.33. The molecule has 0 fully saturated rings. The fourth-order valence-corrected chi connectivity index (χ4v) is 2.60. The van der Waals surface area contributed by atoms with E-state index in [-0.39, 0.29) is 0 Å². The Morgan fingerprint density at radius 2 is 1.83 bits per heavy atom. The molecule has 2 rings (SSSR count). The summed E-state index contributed by atoms with van der Waals surface area (Å²) in [6, 6.07) is 13.7. The quantitative estimate of drug-likeness (QED) is 0.723. The number of ether oxygens (including phenoxy) is 3. The molecule has 0 N–H and O–H groups in total. The molecule has 0 heterocycles. The van der Waals surface area contributed by atoms with Crippen LogP contribution in [0.3, 0.4) is 0 Å². The Hall–Kier alpha value is -2.40. The first-order chi connectivity index (χ1) is 11.6. The molecular formula is C19H21FO4. The van der Waals surface area contributed by atoms with E-state index < -0.39 is 17.4 Å². The second-order valence-electron chi connectivity index (χ2n) is 5.33. The number of hydrogen-bond acceptors (Lipinski definition) is 4. The topological polar surface area (TPSA) is 44.8 Å². The van der Waals surface area contributed by atoms with E-state index in [9.17, 15) is 9.18 Å². The van der Waals surface area contributed by atoms with Gasteiger partial charge in [0.25, 0.3) is 0 Å². The summed E-state index contributed by atoms with van der Waals surface area (Å²) in [6.07, 6.45) is 0.303. The molecule has 0 radical (unpaired) electrons. The van der Waals surface area contributed by atoms with Crippen LogP contribution in [0.15, 0.2) is 48.5 Å². The number of carbonyl (C=O) groups is 1. The van der Waals surface area contributed by atoms with Gasteiger partial charge in [-0.2, -0.15) is 0 Å². The van der Waals surface area contributed by atoms with Gasteiger partial charge in [-0.25, -0.2) is 9.18 Å². The summed E-state index contributed by atoms with van der Waals surface area (Å²) in [5.74, 6) is -0.755. The zero-order valence-corrected chi connectivity index (χ0v) is 14.0. The van der Waals surface area contributed by atoms with E-state index >= 15 is 0 Å².